The van der Waals surface area contributed by atoms with Gasteiger partial charge in [-0.15, -0.1) is 0 Å². The summed E-state index contributed by atoms with van der Waals surface area (Å²) in [6.07, 6.45) is 5.63. The molecular formula is C27H23N3O4. The van der Waals surface area contributed by atoms with Crippen LogP contribution in [0.5, 0.6) is 5.75 Å². The zero-order valence-electron chi connectivity index (χ0n) is 18.8. The van der Waals surface area contributed by atoms with E-state index in [9.17, 15) is 14.7 Å². The lowest BCUT2D eigenvalue weighted by Crippen LogP contribution is -2.63. The maximum atomic E-state index is 14.1. The number of rotatable bonds is 2. The minimum Gasteiger partial charge on any atom is -0.454 e. The number of ether oxygens (including phenoxy) is 1. The molecule has 1 amide bonds. The Kier molecular flexibility index (Phi) is 4.19. The van der Waals surface area contributed by atoms with E-state index in [0.717, 1.165) is 22.0 Å². The van der Waals surface area contributed by atoms with Crippen molar-refractivity contribution in [3.05, 3.63) is 94.2 Å². The molecule has 34 heavy (non-hydrogen) atoms. The largest absolute Gasteiger partial charge is 0.454 e. The van der Waals surface area contributed by atoms with Crippen molar-refractivity contribution in [2.75, 3.05) is 0 Å². The van der Waals surface area contributed by atoms with Gasteiger partial charge in [-0.1, -0.05) is 18.2 Å². The Balaban J connectivity index is 1.53. The van der Waals surface area contributed by atoms with Crippen molar-refractivity contribution >= 4 is 22.6 Å². The number of pyridine rings is 1. The van der Waals surface area contributed by atoms with Crippen molar-refractivity contribution in [2.45, 2.75) is 37.6 Å². The second-order valence-electron chi connectivity index (χ2n) is 9.19. The van der Waals surface area contributed by atoms with E-state index < -0.39 is 29.1 Å². The fourth-order valence-corrected chi connectivity index (χ4v) is 5.31. The highest BCUT2D eigenvalue weighted by molar-refractivity contribution is 6.14. The van der Waals surface area contributed by atoms with Gasteiger partial charge in [0, 0.05) is 39.9 Å². The third kappa shape index (κ3) is 2.51. The lowest BCUT2D eigenvalue weighted by molar-refractivity contribution is -0.154. The number of fused-ring (bicyclic) bond motifs is 5. The minimum absolute atomic E-state index is 0.289. The van der Waals surface area contributed by atoms with Gasteiger partial charge in [0.2, 0.25) is 5.54 Å². The second kappa shape index (κ2) is 6.85. The van der Waals surface area contributed by atoms with Gasteiger partial charge in [0.25, 0.3) is 11.7 Å². The van der Waals surface area contributed by atoms with E-state index in [4.69, 9.17) is 10.5 Å². The molecule has 170 valence electrons. The molecule has 0 saturated heterocycles. The summed E-state index contributed by atoms with van der Waals surface area (Å²) < 4.78 is 6.10. The number of nitrogens with two attached hydrogens (primary N) is 1. The van der Waals surface area contributed by atoms with Gasteiger partial charge in [0.1, 0.15) is 5.75 Å². The van der Waals surface area contributed by atoms with E-state index in [1.165, 1.54) is 0 Å². The molecule has 0 bridgehead atoms. The van der Waals surface area contributed by atoms with Crippen LogP contribution in [0.25, 0.3) is 10.9 Å². The molecule has 2 aromatic carbocycles. The lowest BCUT2D eigenvalue weighted by Gasteiger charge is -2.35. The third-order valence-corrected chi connectivity index (χ3v) is 7.22. The summed E-state index contributed by atoms with van der Waals surface area (Å²) in [6.45, 7) is 3.84. The van der Waals surface area contributed by atoms with Gasteiger partial charge < -0.3 is 20.9 Å². The van der Waals surface area contributed by atoms with Crippen molar-refractivity contribution in [1.82, 2.24) is 10.3 Å². The van der Waals surface area contributed by atoms with Crippen molar-refractivity contribution in [3.63, 3.8) is 0 Å². The highest BCUT2D eigenvalue weighted by Crippen LogP contribution is 2.58. The van der Waals surface area contributed by atoms with Gasteiger partial charge in [-0.25, -0.2) is 0 Å². The molecule has 4 N–H and O–H groups in total. The van der Waals surface area contributed by atoms with Crippen molar-refractivity contribution in [1.29, 1.82) is 0 Å². The first-order valence-electron chi connectivity index (χ1n) is 11.2. The summed E-state index contributed by atoms with van der Waals surface area (Å²) in [5.41, 5.74) is 8.40. The van der Waals surface area contributed by atoms with E-state index in [2.05, 4.69) is 10.3 Å². The topological polar surface area (TPSA) is 115 Å². The molecule has 7 nitrogen and oxygen atoms in total. The number of hydrogen-bond donors (Lipinski definition) is 3. The maximum Gasteiger partial charge on any atom is 0.270 e. The zero-order chi connectivity index (χ0) is 23.8. The number of hydrogen-bond acceptors (Lipinski definition) is 6. The van der Waals surface area contributed by atoms with E-state index in [0.29, 0.717) is 28.9 Å². The first kappa shape index (κ1) is 20.8. The summed E-state index contributed by atoms with van der Waals surface area (Å²) in [4.78, 5) is 32.0. The maximum absolute atomic E-state index is 14.1. The van der Waals surface area contributed by atoms with Crippen molar-refractivity contribution in [3.8, 4) is 5.75 Å². The van der Waals surface area contributed by atoms with Gasteiger partial charge in [0.05, 0.1) is 5.52 Å². The summed E-state index contributed by atoms with van der Waals surface area (Å²) in [5.74, 6) is -2.70. The number of nitrogens with zero attached hydrogens (tertiary/aromatic N) is 1. The van der Waals surface area contributed by atoms with E-state index in [-0.39, 0.29) is 5.57 Å². The second-order valence-corrected chi connectivity index (χ2v) is 9.19. The van der Waals surface area contributed by atoms with Crippen LogP contribution in [0, 0.1) is 13.8 Å². The molecule has 0 saturated carbocycles. The Labute approximate surface area is 195 Å². The average Bonchev–Trinajstić information content (AvgIpc) is 3.17. The number of aliphatic hydroxyl groups is 1. The number of benzene rings is 2. The van der Waals surface area contributed by atoms with Gasteiger partial charge in [0.15, 0.2) is 5.78 Å². The van der Waals surface area contributed by atoms with Gasteiger partial charge in [-0.3, -0.25) is 14.6 Å². The lowest BCUT2D eigenvalue weighted by atomic mass is 9.80. The Morgan fingerprint density at radius 3 is 2.82 bits per heavy atom. The van der Waals surface area contributed by atoms with Crippen LogP contribution in [0.15, 0.2) is 72.0 Å². The molecule has 2 aliphatic carbocycles. The smallest absolute Gasteiger partial charge is 0.270 e. The number of aryl methyl sites for hydroxylation is 2. The van der Waals surface area contributed by atoms with Crippen LogP contribution < -0.4 is 15.8 Å². The number of aromatic nitrogens is 1. The summed E-state index contributed by atoms with van der Waals surface area (Å²) >= 11 is 0. The molecule has 3 atom stereocenters. The summed E-state index contributed by atoms with van der Waals surface area (Å²) in [5, 5.41) is 15.7. The number of amides is 1. The number of ketones is 1. The van der Waals surface area contributed by atoms with Crippen LogP contribution in [0.3, 0.4) is 0 Å². The highest BCUT2D eigenvalue weighted by atomic mass is 16.6. The van der Waals surface area contributed by atoms with Crippen LogP contribution in [0.1, 0.15) is 33.5 Å². The SMILES string of the molecule is Cc1cc2c(cc1C)C1(NC(=O)c3ccc4ncccc4c3)C(=O)C3=C(C=CCC3N)C1(O)O2. The Morgan fingerprint density at radius 1 is 1.21 bits per heavy atom. The first-order chi connectivity index (χ1) is 16.3. The monoisotopic (exact) mass is 453 g/mol. The Morgan fingerprint density at radius 2 is 2.00 bits per heavy atom. The molecule has 1 aromatic heterocycles. The first-order valence-corrected chi connectivity index (χ1v) is 11.2. The van der Waals surface area contributed by atoms with E-state index in [1.807, 2.05) is 26.0 Å². The molecule has 3 unspecified atom stereocenters. The standard InChI is InChI=1S/C27H23N3O4/c1-14-11-19-22(12-15(14)2)34-27(33)18-6-3-7-20(28)23(18)24(31)26(19,27)30-25(32)17-8-9-21-16(13-17)5-4-10-29-21/h3-6,8-13,20,33H,7,28H2,1-2H3,(H,30,32). The van der Waals surface area contributed by atoms with Crippen LogP contribution >= 0.6 is 0 Å². The Bertz CT molecular complexity index is 1490. The molecule has 0 radical (unpaired) electrons. The van der Waals surface area contributed by atoms with Gasteiger partial charge >= 0.3 is 0 Å². The molecule has 3 aromatic rings. The predicted molar refractivity (Wildman–Crippen MR) is 126 cm³/mol. The van der Waals surface area contributed by atoms with Crippen molar-refractivity contribution < 1.29 is 19.4 Å². The normalized spacial score (nSPS) is 26.8. The predicted octanol–water partition coefficient (Wildman–Crippen LogP) is 2.72. The summed E-state index contributed by atoms with van der Waals surface area (Å²) in [7, 11) is 0. The molecule has 0 spiro atoms. The molecule has 6 rings (SSSR count). The van der Waals surface area contributed by atoms with E-state index >= 15 is 0 Å². The van der Waals surface area contributed by atoms with Crippen LogP contribution in [-0.2, 0) is 10.3 Å². The van der Waals surface area contributed by atoms with Crippen LogP contribution in [-0.4, -0.2) is 33.6 Å². The number of Topliss-reactive ketones (excluding diaryl/α,β-unsaturated/α-hetero) is 1. The molecule has 3 aliphatic rings. The zero-order valence-corrected chi connectivity index (χ0v) is 18.8. The quantitative estimate of drug-likeness (QED) is 0.550. The molecule has 2 heterocycles. The number of nitrogens with one attached hydrogen (secondary N) is 1. The Hall–Kier alpha value is -3.81. The number of carbonyl (C=O) groups is 2. The summed E-state index contributed by atoms with van der Waals surface area (Å²) in [6, 6.07) is 11.8. The van der Waals surface area contributed by atoms with Crippen LogP contribution in [0.4, 0.5) is 0 Å². The van der Waals surface area contributed by atoms with Gasteiger partial charge in [-0.05, 0) is 67.8 Å². The molecule has 0 fully saturated rings. The van der Waals surface area contributed by atoms with Crippen molar-refractivity contribution in [2.24, 2.45) is 5.73 Å². The molecule has 1 aliphatic heterocycles. The fraction of sp³-hybridized carbons (Fsp3) is 0.222. The number of carbonyl (C=O) groups excluding carboxylic acids is 2. The van der Waals surface area contributed by atoms with Crippen LogP contribution in [0.2, 0.25) is 0 Å². The minimum atomic E-state index is -2.11. The van der Waals surface area contributed by atoms with E-state index in [1.54, 1.807) is 48.7 Å². The fourth-order valence-electron chi connectivity index (χ4n) is 5.31. The third-order valence-electron chi connectivity index (χ3n) is 7.22. The molecule has 7 heteroatoms. The average molecular weight is 453 g/mol. The molecular weight excluding hydrogens is 430 g/mol. The van der Waals surface area contributed by atoms with Gasteiger partial charge in [-0.2, -0.15) is 0 Å². The highest BCUT2D eigenvalue weighted by Gasteiger charge is 2.72.